The Hall–Kier alpha value is -2.89. The first-order valence-electron chi connectivity index (χ1n) is 26.8. The van der Waals surface area contributed by atoms with Gasteiger partial charge >= 0.3 is 17.9 Å². The predicted octanol–water partition coefficient (Wildman–Crippen LogP) is 17.6. The van der Waals surface area contributed by atoms with Gasteiger partial charge in [-0.2, -0.15) is 0 Å². The first kappa shape index (κ1) is 60.1. The van der Waals surface area contributed by atoms with Crippen molar-refractivity contribution in [2.75, 3.05) is 13.2 Å². The van der Waals surface area contributed by atoms with Crippen molar-refractivity contribution in [3.8, 4) is 0 Å². The zero-order chi connectivity index (χ0) is 45.8. The Morgan fingerprint density at radius 3 is 1.02 bits per heavy atom. The predicted molar refractivity (Wildman–Crippen MR) is 270 cm³/mol. The van der Waals surface area contributed by atoms with E-state index in [1.54, 1.807) is 0 Å². The highest BCUT2D eigenvalue weighted by Gasteiger charge is 2.19. The van der Waals surface area contributed by atoms with Gasteiger partial charge in [-0.25, -0.2) is 0 Å². The lowest BCUT2D eigenvalue weighted by atomic mass is 10.0. The summed E-state index contributed by atoms with van der Waals surface area (Å²) in [6, 6.07) is 0. The average molecular weight is 881 g/mol. The molecule has 0 bridgehead atoms. The molecular weight excluding hydrogens is 781 g/mol. The minimum absolute atomic E-state index is 0.0840. The molecule has 1 atom stereocenters. The fourth-order valence-corrected chi connectivity index (χ4v) is 7.49. The number of rotatable bonds is 48. The van der Waals surface area contributed by atoms with Crippen molar-refractivity contribution in [1.29, 1.82) is 0 Å². The topological polar surface area (TPSA) is 78.9 Å². The molecule has 0 amide bonds. The molecular formula is C57H100O6. The van der Waals surface area contributed by atoms with E-state index in [9.17, 15) is 14.4 Å². The molecule has 0 saturated carbocycles. The molecule has 63 heavy (non-hydrogen) atoms. The number of allylic oxidation sites excluding steroid dienone is 10. The van der Waals surface area contributed by atoms with Crippen molar-refractivity contribution in [2.45, 2.75) is 271 Å². The molecule has 0 aromatic carbocycles. The third kappa shape index (κ3) is 50.0. The molecule has 0 aliphatic carbocycles. The second kappa shape index (κ2) is 51.7. The van der Waals surface area contributed by atoms with E-state index < -0.39 is 6.10 Å². The Bertz CT molecular complexity index is 1150. The highest BCUT2D eigenvalue weighted by molar-refractivity contribution is 5.71. The number of unbranched alkanes of at least 4 members (excludes halogenated alkanes) is 27. The zero-order valence-corrected chi connectivity index (χ0v) is 41.6. The van der Waals surface area contributed by atoms with Crippen LogP contribution in [0.15, 0.2) is 60.8 Å². The summed E-state index contributed by atoms with van der Waals surface area (Å²) >= 11 is 0. The van der Waals surface area contributed by atoms with Crippen LogP contribution in [0.4, 0.5) is 0 Å². The number of esters is 3. The smallest absolute Gasteiger partial charge is 0.306 e. The van der Waals surface area contributed by atoms with Gasteiger partial charge in [-0.05, 0) is 83.5 Å². The molecule has 364 valence electrons. The Morgan fingerprint density at radius 1 is 0.333 bits per heavy atom. The van der Waals surface area contributed by atoms with Crippen molar-refractivity contribution in [2.24, 2.45) is 0 Å². The van der Waals surface area contributed by atoms with Crippen molar-refractivity contribution in [3.05, 3.63) is 60.8 Å². The van der Waals surface area contributed by atoms with E-state index in [1.807, 2.05) is 0 Å². The molecule has 0 radical (unpaired) electrons. The molecule has 0 aromatic rings. The molecule has 0 aliphatic rings. The Labute approximate surface area is 390 Å². The van der Waals surface area contributed by atoms with Gasteiger partial charge in [-0.15, -0.1) is 0 Å². The number of carbonyl (C=O) groups is 3. The van der Waals surface area contributed by atoms with E-state index in [0.717, 1.165) is 89.9 Å². The van der Waals surface area contributed by atoms with Crippen molar-refractivity contribution in [1.82, 2.24) is 0 Å². The highest BCUT2D eigenvalue weighted by atomic mass is 16.6. The second-order valence-corrected chi connectivity index (χ2v) is 17.8. The van der Waals surface area contributed by atoms with E-state index >= 15 is 0 Å². The maximum Gasteiger partial charge on any atom is 0.306 e. The molecule has 0 fully saturated rings. The van der Waals surface area contributed by atoms with Crippen LogP contribution in [0.3, 0.4) is 0 Å². The molecule has 0 saturated heterocycles. The monoisotopic (exact) mass is 881 g/mol. The third-order valence-electron chi connectivity index (χ3n) is 11.5. The lowest BCUT2D eigenvalue weighted by Gasteiger charge is -2.18. The van der Waals surface area contributed by atoms with Crippen molar-refractivity contribution < 1.29 is 28.6 Å². The van der Waals surface area contributed by atoms with E-state index in [0.29, 0.717) is 19.3 Å². The van der Waals surface area contributed by atoms with Gasteiger partial charge in [0.1, 0.15) is 13.2 Å². The summed E-state index contributed by atoms with van der Waals surface area (Å²) in [6.45, 7) is 6.50. The summed E-state index contributed by atoms with van der Waals surface area (Å²) in [7, 11) is 0. The van der Waals surface area contributed by atoms with Crippen molar-refractivity contribution >= 4 is 17.9 Å². The number of ether oxygens (including phenoxy) is 3. The van der Waals surface area contributed by atoms with Gasteiger partial charge in [0.15, 0.2) is 6.10 Å². The van der Waals surface area contributed by atoms with Crippen LogP contribution in [0, 0.1) is 0 Å². The summed E-state index contributed by atoms with van der Waals surface area (Å²) in [4.78, 5) is 38.0. The van der Waals surface area contributed by atoms with Crippen LogP contribution >= 0.6 is 0 Å². The van der Waals surface area contributed by atoms with Crippen LogP contribution in [0.5, 0.6) is 0 Å². The van der Waals surface area contributed by atoms with Gasteiger partial charge < -0.3 is 14.2 Å². The zero-order valence-electron chi connectivity index (χ0n) is 41.6. The SMILES string of the molecule is CC/C=C\C/C=C\C/C=C\C/C=C\CCCCCC(=O)OCC(COC(=O)CCCCCCCCCCCCCCCC)OC(=O)CCCCCCCCC/C=C\CCCCCC. The van der Waals surface area contributed by atoms with Gasteiger partial charge in [0.25, 0.3) is 0 Å². The molecule has 6 nitrogen and oxygen atoms in total. The van der Waals surface area contributed by atoms with Crippen LogP contribution in [0.25, 0.3) is 0 Å². The van der Waals surface area contributed by atoms with Gasteiger partial charge in [0, 0.05) is 19.3 Å². The number of hydrogen-bond donors (Lipinski definition) is 0. The summed E-state index contributed by atoms with van der Waals surface area (Å²) in [6.07, 6.45) is 63.4. The first-order chi connectivity index (χ1) is 31.0. The maximum atomic E-state index is 12.8. The summed E-state index contributed by atoms with van der Waals surface area (Å²) in [5.41, 5.74) is 0. The van der Waals surface area contributed by atoms with E-state index in [1.165, 1.54) is 135 Å². The minimum Gasteiger partial charge on any atom is -0.462 e. The lowest BCUT2D eigenvalue weighted by Crippen LogP contribution is -2.30. The van der Waals surface area contributed by atoms with E-state index in [4.69, 9.17) is 14.2 Å². The van der Waals surface area contributed by atoms with E-state index in [2.05, 4.69) is 81.5 Å². The number of carbonyl (C=O) groups excluding carboxylic acids is 3. The summed E-state index contributed by atoms with van der Waals surface area (Å²) < 4.78 is 16.8. The summed E-state index contributed by atoms with van der Waals surface area (Å²) in [5.74, 6) is -0.913. The number of hydrogen-bond acceptors (Lipinski definition) is 6. The standard InChI is InChI=1S/C57H100O6/c1-4-7-10-13-16-19-22-25-28-30-32-35-38-41-44-47-50-56(59)62-53-54(52-61-55(58)49-46-43-40-37-34-31-27-24-21-18-15-12-9-6-3)63-57(60)51-48-45-42-39-36-33-29-26-23-20-17-14-11-8-5-2/h7,10,16,19-20,23,25,28,32,35,54H,4-6,8-9,11-15,17-18,21-22,24,26-27,29-31,33-34,36-53H2,1-3H3/b10-7-,19-16-,23-20-,28-25-,35-32-. The average Bonchev–Trinajstić information content (AvgIpc) is 3.28. The Balaban J connectivity index is 4.42. The molecule has 0 N–H and O–H groups in total. The lowest BCUT2D eigenvalue weighted by molar-refractivity contribution is -0.167. The molecule has 0 spiro atoms. The van der Waals surface area contributed by atoms with Crippen LogP contribution in [-0.4, -0.2) is 37.2 Å². The molecule has 0 rings (SSSR count). The van der Waals surface area contributed by atoms with Gasteiger partial charge in [-0.3, -0.25) is 14.4 Å². The van der Waals surface area contributed by atoms with Crippen LogP contribution in [0.2, 0.25) is 0 Å². The van der Waals surface area contributed by atoms with Gasteiger partial charge in [-0.1, -0.05) is 223 Å². The van der Waals surface area contributed by atoms with Crippen LogP contribution < -0.4 is 0 Å². The molecule has 0 aliphatic heterocycles. The largest absolute Gasteiger partial charge is 0.462 e. The van der Waals surface area contributed by atoms with Gasteiger partial charge in [0.2, 0.25) is 0 Å². The van der Waals surface area contributed by atoms with Crippen LogP contribution in [-0.2, 0) is 28.6 Å². The highest BCUT2D eigenvalue weighted by Crippen LogP contribution is 2.15. The van der Waals surface area contributed by atoms with Crippen molar-refractivity contribution in [3.63, 3.8) is 0 Å². The first-order valence-corrected chi connectivity index (χ1v) is 26.8. The molecule has 6 heteroatoms. The second-order valence-electron chi connectivity index (χ2n) is 17.8. The third-order valence-corrected chi connectivity index (χ3v) is 11.5. The quantitative estimate of drug-likeness (QED) is 0.0262. The normalized spacial score (nSPS) is 12.5. The maximum absolute atomic E-state index is 12.8. The Morgan fingerprint density at radius 2 is 0.619 bits per heavy atom. The van der Waals surface area contributed by atoms with E-state index in [-0.39, 0.29) is 31.1 Å². The summed E-state index contributed by atoms with van der Waals surface area (Å²) in [5, 5.41) is 0. The van der Waals surface area contributed by atoms with Crippen LogP contribution in [0.1, 0.15) is 265 Å². The minimum atomic E-state index is -0.787. The molecule has 0 heterocycles. The molecule has 1 unspecified atom stereocenters. The Kier molecular flexibility index (Phi) is 49.4. The van der Waals surface area contributed by atoms with Gasteiger partial charge in [0.05, 0.1) is 0 Å². The fraction of sp³-hybridized carbons (Fsp3) is 0.772. The fourth-order valence-electron chi connectivity index (χ4n) is 7.49. The molecule has 0 aromatic heterocycles.